The summed E-state index contributed by atoms with van der Waals surface area (Å²) in [5, 5.41) is 1.51. The Kier molecular flexibility index (Phi) is 4.83. The molecule has 0 bridgehead atoms. The van der Waals surface area contributed by atoms with Crippen LogP contribution in [0.3, 0.4) is 0 Å². The smallest absolute Gasteiger partial charge is 0.241 e. The molecule has 0 saturated heterocycles. The lowest BCUT2D eigenvalue weighted by Crippen LogP contribution is -2.44. The lowest BCUT2D eigenvalue weighted by molar-refractivity contribution is -0.119. The second kappa shape index (κ2) is 6.46. The van der Waals surface area contributed by atoms with Crippen molar-refractivity contribution in [1.82, 2.24) is 4.72 Å². The van der Waals surface area contributed by atoms with Gasteiger partial charge in [0.2, 0.25) is 15.9 Å². The monoisotopic (exact) mass is 320 g/mol. The zero-order valence-corrected chi connectivity index (χ0v) is 13.5. The molecule has 2 aromatic rings. The molecule has 22 heavy (non-hydrogen) atoms. The molecule has 3 N–H and O–H groups in total. The van der Waals surface area contributed by atoms with Crippen LogP contribution in [0.2, 0.25) is 0 Å². The molecule has 1 atom stereocenters. The number of sulfonamides is 1. The summed E-state index contributed by atoms with van der Waals surface area (Å²) >= 11 is 0. The zero-order valence-electron chi connectivity index (χ0n) is 12.7. The molecule has 118 valence electrons. The minimum Gasteiger partial charge on any atom is -0.368 e. The van der Waals surface area contributed by atoms with E-state index in [4.69, 9.17) is 5.73 Å². The second-order valence-corrected chi connectivity index (χ2v) is 6.97. The van der Waals surface area contributed by atoms with E-state index in [-0.39, 0.29) is 4.90 Å². The van der Waals surface area contributed by atoms with Gasteiger partial charge in [-0.05, 0) is 30.4 Å². The van der Waals surface area contributed by atoms with Crippen molar-refractivity contribution in [3.63, 3.8) is 0 Å². The van der Waals surface area contributed by atoms with E-state index < -0.39 is 22.0 Å². The van der Waals surface area contributed by atoms with Crippen LogP contribution in [0.1, 0.15) is 25.3 Å². The Bertz CT molecular complexity index is 800. The molecular formula is C16H20N2O3S. The summed E-state index contributed by atoms with van der Waals surface area (Å²) in [6, 6.07) is 9.72. The highest BCUT2D eigenvalue weighted by molar-refractivity contribution is 7.89. The summed E-state index contributed by atoms with van der Waals surface area (Å²) in [7, 11) is -3.82. The maximum Gasteiger partial charge on any atom is 0.241 e. The predicted octanol–water partition coefficient (Wildman–Crippen LogP) is 2.08. The van der Waals surface area contributed by atoms with Crippen LogP contribution in [0.15, 0.2) is 41.3 Å². The minimum absolute atomic E-state index is 0.163. The maximum absolute atomic E-state index is 12.6. The minimum atomic E-state index is -3.82. The van der Waals surface area contributed by atoms with Crippen LogP contribution >= 0.6 is 0 Å². The Morgan fingerprint density at radius 2 is 1.82 bits per heavy atom. The molecule has 6 heteroatoms. The first-order valence-electron chi connectivity index (χ1n) is 7.17. The average Bonchev–Trinajstić information content (AvgIpc) is 2.47. The average molecular weight is 320 g/mol. The molecule has 0 aromatic heterocycles. The number of carbonyl (C=O) groups excluding carboxylic acids is 1. The van der Waals surface area contributed by atoms with Crippen LogP contribution < -0.4 is 10.5 Å². The highest BCUT2D eigenvalue weighted by atomic mass is 32.2. The maximum atomic E-state index is 12.6. The molecule has 0 aliphatic carbocycles. The Morgan fingerprint density at radius 1 is 1.18 bits per heavy atom. The van der Waals surface area contributed by atoms with Gasteiger partial charge in [0.05, 0.1) is 4.90 Å². The SMILES string of the molecule is CCC[C@H](NS(=O)(=O)c1ccc(C)c2ccccc12)C(N)=O. The molecule has 0 heterocycles. The molecule has 0 fully saturated rings. The number of aryl methyl sites for hydroxylation is 1. The van der Waals surface area contributed by atoms with E-state index in [1.165, 1.54) is 0 Å². The molecule has 0 saturated carbocycles. The Balaban J connectivity index is 2.50. The summed E-state index contributed by atoms with van der Waals surface area (Å²) in [5.41, 5.74) is 6.27. The number of nitrogens with two attached hydrogens (primary N) is 1. The van der Waals surface area contributed by atoms with Crippen LogP contribution in [0.5, 0.6) is 0 Å². The molecule has 0 aliphatic heterocycles. The third-order valence-electron chi connectivity index (χ3n) is 3.61. The summed E-state index contributed by atoms with van der Waals surface area (Å²) < 4.78 is 27.7. The Morgan fingerprint density at radius 3 is 2.41 bits per heavy atom. The van der Waals surface area contributed by atoms with Gasteiger partial charge >= 0.3 is 0 Å². The van der Waals surface area contributed by atoms with Gasteiger partial charge in [0, 0.05) is 5.39 Å². The van der Waals surface area contributed by atoms with Gasteiger partial charge in [-0.25, -0.2) is 8.42 Å². The lowest BCUT2D eigenvalue weighted by atomic mass is 10.1. The number of hydrogen-bond donors (Lipinski definition) is 2. The standard InChI is InChI=1S/C16H20N2O3S/c1-3-6-14(16(17)19)18-22(20,21)15-10-9-11(2)12-7-4-5-8-13(12)15/h4-5,7-10,14,18H,3,6H2,1-2H3,(H2,17,19)/t14-/m0/s1. The quantitative estimate of drug-likeness (QED) is 0.854. The molecule has 0 spiro atoms. The largest absolute Gasteiger partial charge is 0.368 e. The highest BCUT2D eigenvalue weighted by Gasteiger charge is 2.24. The number of hydrogen-bond acceptors (Lipinski definition) is 3. The Hall–Kier alpha value is -1.92. The van der Waals surface area contributed by atoms with E-state index in [2.05, 4.69) is 4.72 Å². The van der Waals surface area contributed by atoms with Crippen molar-refractivity contribution in [2.24, 2.45) is 5.73 Å². The highest BCUT2D eigenvalue weighted by Crippen LogP contribution is 2.26. The van der Waals surface area contributed by atoms with Crippen molar-refractivity contribution in [1.29, 1.82) is 0 Å². The second-order valence-electron chi connectivity index (χ2n) is 5.29. The van der Waals surface area contributed by atoms with Crippen LogP contribution in [0.25, 0.3) is 10.8 Å². The molecule has 0 aliphatic rings. The third-order valence-corrected chi connectivity index (χ3v) is 5.14. The van der Waals surface area contributed by atoms with E-state index in [9.17, 15) is 13.2 Å². The zero-order chi connectivity index (χ0) is 16.3. The fourth-order valence-corrected chi connectivity index (χ4v) is 3.91. The van der Waals surface area contributed by atoms with Crippen LogP contribution in [0.4, 0.5) is 0 Å². The van der Waals surface area contributed by atoms with Gasteiger partial charge in [-0.2, -0.15) is 4.72 Å². The summed E-state index contributed by atoms with van der Waals surface area (Å²) in [6.45, 7) is 3.79. The van der Waals surface area contributed by atoms with Crippen molar-refractivity contribution in [2.45, 2.75) is 37.6 Å². The number of benzene rings is 2. The number of primary amides is 1. The lowest BCUT2D eigenvalue weighted by Gasteiger charge is -2.16. The van der Waals surface area contributed by atoms with Gasteiger partial charge in [-0.3, -0.25) is 4.79 Å². The molecule has 2 rings (SSSR count). The van der Waals surface area contributed by atoms with E-state index in [1.807, 2.05) is 26.0 Å². The van der Waals surface area contributed by atoms with E-state index >= 15 is 0 Å². The number of nitrogens with one attached hydrogen (secondary N) is 1. The summed E-state index contributed by atoms with van der Waals surface area (Å²) in [6.07, 6.45) is 1.03. The molecule has 1 amide bonds. The topological polar surface area (TPSA) is 89.3 Å². The number of amides is 1. The number of carbonyl (C=O) groups is 1. The van der Waals surface area contributed by atoms with Crippen LogP contribution in [0, 0.1) is 6.92 Å². The van der Waals surface area contributed by atoms with Crippen molar-refractivity contribution in [2.75, 3.05) is 0 Å². The van der Waals surface area contributed by atoms with Gasteiger partial charge < -0.3 is 5.73 Å². The first kappa shape index (κ1) is 16.5. The van der Waals surface area contributed by atoms with Gasteiger partial charge in [0.25, 0.3) is 0 Å². The van der Waals surface area contributed by atoms with Crippen LogP contribution in [-0.4, -0.2) is 20.4 Å². The number of fused-ring (bicyclic) bond motifs is 1. The first-order chi connectivity index (χ1) is 10.4. The van der Waals surface area contributed by atoms with Crippen molar-refractivity contribution in [3.05, 3.63) is 42.0 Å². The van der Waals surface area contributed by atoms with Gasteiger partial charge in [-0.1, -0.05) is 43.7 Å². The fraction of sp³-hybridized carbons (Fsp3) is 0.312. The fourth-order valence-electron chi connectivity index (χ4n) is 2.46. The predicted molar refractivity (Wildman–Crippen MR) is 86.9 cm³/mol. The van der Waals surface area contributed by atoms with Gasteiger partial charge in [-0.15, -0.1) is 0 Å². The number of rotatable bonds is 6. The normalized spacial score (nSPS) is 13.2. The van der Waals surface area contributed by atoms with E-state index in [0.29, 0.717) is 18.2 Å². The molecular weight excluding hydrogens is 300 g/mol. The Labute approximate surface area is 130 Å². The molecule has 2 aromatic carbocycles. The van der Waals surface area contributed by atoms with E-state index in [0.717, 1.165) is 10.9 Å². The third kappa shape index (κ3) is 3.28. The van der Waals surface area contributed by atoms with Crippen molar-refractivity contribution >= 4 is 26.7 Å². The van der Waals surface area contributed by atoms with Crippen molar-refractivity contribution < 1.29 is 13.2 Å². The van der Waals surface area contributed by atoms with E-state index in [1.54, 1.807) is 24.3 Å². The van der Waals surface area contributed by atoms with Gasteiger partial charge in [0.15, 0.2) is 0 Å². The molecule has 5 nitrogen and oxygen atoms in total. The van der Waals surface area contributed by atoms with Crippen LogP contribution in [-0.2, 0) is 14.8 Å². The molecule has 0 unspecified atom stereocenters. The summed E-state index contributed by atoms with van der Waals surface area (Å²) in [4.78, 5) is 11.6. The van der Waals surface area contributed by atoms with Crippen molar-refractivity contribution in [3.8, 4) is 0 Å². The molecule has 0 radical (unpaired) electrons. The first-order valence-corrected chi connectivity index (χ1v) is 8.65. The van der Waals surface area contributed by atoms with Gasteiger partial charge in [0.1, 0.15) is 6.04 Å². The summed E-state index contributed by atoms with van der Waals surface area (Å²) in [5.74, 6) is -0.665.